The van der Waals surface area contributed by atoms with Gasteiger partial charge in [0.25, 0.3) is 0 Å². The first-order chi connectivity index (χ1) is 18.2. The van der Waals surface area contributed by atoms with Crippen molar-refractivity contribution in [3.05, 3.63) is 65.7 Å². The first kappa shape index (κ1) is 29.6. The molecule has 0 unspecified atom stereocenters. The van der Waals surface area contributed by atoms with E-state index in [0.29, 0.717) is 32.1 Å². The van der Waals surface area contributed by atoms with Crippen molar-refractivity contribution in [2.45, 2.75) is 26.1 Å². The molecule has 208 valence electrons. The Balaban J connectivity index is 1.74. The smallest absolute Gasteiger partial charge is 0.242 e. The van der Waals surface area contributed by atoms with E-state index in [9.17, 15) is 18.0 Å². The zero-order valence-electron chi connectivity index (χ0n) is 22.3. The first-order valence-corrected chi connectivity index (χ1v) is 14.5. The van der Waals surface area contributed by atoms with Crippen molar-refractivity contribution in [2.24, 2.45) is 0 Å². The van der Waals surface area contributed by atoms with E-state index in [1.807, 2.05) is 42.5 Å². The number of morpholine rings is 1. The SMILES string of the molecule is COc1ccc(CN(C(=O)CN(Cc2ccccc2)S(C)(=O)=O)[C@@H](C)C(=O)NCCN2CCOCC2)cc1. The molecule has 38 heavy (non-hydrogen) atoms. The number of rotatable bonds is 13. The van der Waals surface area contributed by atoms with Crippen molar-refractivity contribution >= 4 is 21.8 Å². The molecule has 10 nitrogen and oxygen atoms in total. The minimum absolute atomic E-state index is 0.0575. The average molecular weight is 547 g/mol. The number of ether oxygens (including phenoxy) is 2. The molecular formula is C27H38N4O6S. The number of carbonyl (C=O) groups is 2. The van der Waals surface area contributed by atoms with Gasteiger partial charge in [0.1, 0.15) is 11.8 Å². The van der Waals surface area contributed by atoms with Crippen LogP contribution in [0.15, 0.2) is 54.6 Å². The van der Waals surface area contributed by atoms with Gasteiger partial charge in [0.2, 0.25) is 21.8 Å². The lowest BCUT2D eigenvalue weighted by Gasteiger charge is -2.31. The van der Waals surface area contributed by atoms with Gasteiger partial charge < -0.3 is 19.7 Å². The van der Waals surface area contributed by atoms with Crippen LogP contribution in [0.1, 0.15) is 18.1 Å². The van der Waals surface area contributed by atoms with E-state index in [2.05, 4.69) is 10.2 Å². The summed E-state index contributed by atoms with van der Waals surface area (Å²) in [7, 11) is -2.12. The maximum absolute atomic E-state index is 13.6. The Bertz CT molecular complexity index is 1140. The van der Waals surface area contributed by atoms with Crippen molar-refractivity contribution in [1.29, 1.82) is 0 Å². The summed E-state index contributed by atoms with van der Waals surface area (Å²) >= 11 is 0. The monoisotopic (exact) mass is 546 g/mol. The maximum Gasteiger partial charge on any atom is 0.242 e. The maximum atomic E-state index is 13.6. The standard InChI is InChI=1S/C27H38N4O6S/c1-22(27(33)28-13-14-29-15-17-37-18-16-29)31(20-24-9-11-25(36-2)12-10-24)26(32)21-30(38(3,34)35)19-23-7-5-4-6-8-23/h4-12,22H,13-21H2,1-3H3,(H,28,33)/t22-/m0/s1. The number of sulfonamides is 1. The Labute approximate surface area is 225 Å². The fraction of sp³-hybridized carbons (Fsp3) is 0.481. The third kappa shape index (κ3) is 9.09. The second kappa shape index (κ2) is 14.2. The first-order valence-electron chi connectivity index (χ1n) is 12.7. The van der Waals surface area contributed by atoms with E-state index >= 15 is 0 Å². The van der Waals surface area contributed by atoms with E-state index in [1.165, 1.54) is 4.90 Å². The van der Waals surface area contributed by atoms with Crippen LogP contribution in [-0.2, 0) is 37.4 Å². The van der Waals surface area contributed by atoms with Gasteiger partial charge in [-0.3, -0.25) is 14.5 Å². The van der Waals surface area contributed by atoms with Crippen LogP contribution < -0.4 is 10.1 Å². The molecule has 1 N–H and O–H groups in total. The molecule has 3 rings (SSSR count). The molecule has 1 heterocycles. The summed E-state index contributed by atoms with van der Waals surface area (Å²) in [5.74, 6) is -0.0845. The van der Waals surface area contributed by atoms with Gasteiger partial charge in [-0.05, 0) is 30.2 Å². The average Bonchev–Trinajstić information content (AvgIpc) is 2.92. The minimum Gasteiger partial charge on any atom is -0.497 e. The summed E-state index contributed by atoms with van der Waals surface area (Å²) in [5.41, 5.74) is 1.56. The van der Waals surface area contributed by atoms with Crippen LogP contribution in [-0.4, -0.2) is 99.7 Å². The molecular weight excluding hydrogens is 508 g/mol. The molecule has 0 radical (unpaired) electrons. The normalized spacial score (nSPS) is 15.2. The number of benzene rings is 2. The van der Waals surface area contributed by atoms with Crippen LogP contribution >= 0.6 is 0 Å². The van der Waals surface area contributed by atoms with E-state index in [1.54, 1.807) is 26.2 Å². The zero-order chi connectivity index (χ0) is 27.5. The second-order valence-corrected chi connectivity index (χ2v) is 11.3. The molecule has 2 amide bonds. The van der Waals surface area contributed by atoms with Crippen LogP contribution in [0.5, 0.6) is 5.75 Å². The van der Waals surface area contributed by atoms with E-state index in [4.69, 9.17) is 9.47 Å². The summed E-state index contributed by atoms with van der Waals surface area (Å²) in [6.07, 6.45) is 1.08. The van der Waals surface area contributed by atoms with Crippen molar-refractivity contribution in [3.63, 3.8) is 0 Å². The van der Waals surface area contributed by atoms with Crippen molar-refractivity contribution in [1.82, 2.24) is 19.4 Å². The van der Waals surface area contributed by atoms with Crippen LogP contribution in [0.2, 0.25) is 0 Å². The predicted octanol–water partition coefficient (Wildman–Crippen LogP) is 1.32. The topological polar surface area (TPSA) is 108 Å². The van der Waals surface area contributed by atoms with Crippen molar-refractivity contribution < 1.29 is 27.5 Å². The van der Waals surface area contributed by atoms with Gasteiger partial charge in [-0.15, -0.1) is 0 Å². The summed E-state index contributed by atoms with van der Waals surface area (Å²) in [6.45, 7) is 5.59. The highest BCUT2D eigenvalue weighted by molar-refractivity contribution is 7.88. The van der Waals surface area contributed by atoms with Gasteiger partial charge in [0.15, 0.2) is 0 Å². The fourth-order valence-corrected chi connectivity index (χ4v) is 4.87. The number of hydrogen-bond acceptors (Lipinski definition) is 7. The molecule has 11 heteroatoms. The molecule has 2 aromatic carbocycles. The van der Waals surface area contributed by atoms with Gasteiger partial charge >= 0.3 is 0 Å². The number of hydrogen-bond donors (Lipinski definition) is 1. The molecule has 0 spiro atoms. The molecule has 0 saturated carbocycles. The largest absolute Gasteiger partial charge is 0.497 e. The lowest BCUT2D eigenvalue weighted by molar-refractivity contribution is -0.140. The molecule has 0 aromatic heterocycles. The molecule has 1 atom stereocenters. The summed E-state index contributed by atoms with van der Waals surface area (Å²) in [6, 6.07) is 15.5. The Kier molecular flexibility index (Phi) is 11.1. The highest BCUT2D eigenvalue weighted by Gasteiger charge is 2.30. The van der Waals surface area contributed by atoms with Gasteiger partial charge in [-0.25, -0.2) is 8.42 Å². The number of methoxy groups -OCH3 is 1. The second-order valence-electron chi connectivity index (χ2n) is 9.31. The highest BCUT2D eigenvalue weighted by atomic mass is 32.2. The molecule has 2 aromatic rings. The Morgan fingerprint density at radius 1 is 1.03 bits per heavy atom. The van der Waals surface area contributed by atoms with Crippen LogP contribution in [0.3, 0.4) is 0 Å². The summed E-state index contributed by atoms with van der Waals surface area (Å²) < 4.78 is 36.8. The van der Waals surface area contributed by atoms with E-state index in [-0.39, 0.29) is 25.5 Å². The van der Waals surface area contributed by atoms with Crippen LogP contribution in [0.4, 0.5) is 0 Å². The molecule has 0 aliphatic carbocycles. The number of carbonyl (C=O) groups excluding carboxylic acids is 2. The highest BCUT2D eigenvalue weighted by Crippen LogP contribution is 2.16. The lowest BCUT2D eigenvalue weighted by atomic mass is 10.1. The third-order valence-electron chi connectivity index (χ3n) is 6.49. The molecule has 1 saturated heterocycles. The van der Waals surface area contributed by atoms with Gasteiger partial charge in [-0.2, -0.15) is 4.31 Å². The molecule has 0 bridgehead atoms. The zero-order valence-corrected chi connectivity index (χ0v) is 23.2. The molecule has 1 aliphatic rings. The lowest BCUT2D eigenvalue weighted by Crippen LogP contribution is -2.52. The molecule has 1 aliphatic heterocycles. The Morgan fingerprint density at radius 3 is 2.26 bits per heavy atom. The number of nitrogens with zero attached hydrogens (tertiary/aromatic N) is 3. The molecule has 1 fully saturated rings. The number of amides is 2. The fourth-order valence-electron chi connectivity index (χ4n) is 4.14. The van der Waals surface area contributed by atoms with Crippen molar-refractivity contribution in [2.75, 3.05) is 59.3 Å². The van der Waals surface area contributed by atoms with Gasteiger partial charge in [0.05, 0.1) is 33.1 Å². The number of nitrogens with one attached hydrogen (secondary N) is 1. The minimum atomic E-state index is -3.69. The van der Waals surface area contributed by atoms with Crippen LogP contribution in [0.25, 0.3) is 0 Å². The predicted molar refractivity (Wildman–Crippen MR) is 145 cm³/mol. The van der Waals surface area contributed by atoms with Crippen molar-refractivity contribution in [3.8, 4) is 5.75 Å². The van der Waals surface area contributed by atoms with E-state index in [0.717, 1.165) is 34.8 Å². The summed E-state index contributed by atoms with van der Waals surface area (Å²) in [4.78, 5) is 30.3. The summed E-state index contributed by atoms with van der Waals surface area (Å²) in [5, 5.41) is 2.93. The Morgan fingerprint density at radius 2 is 1.66 bits per heavy atom. The van der Waals surface area contributed by atoms with Gasteiger partial charge in [0, 0.05) is 39.3 Å². The van der Waals surface area contributed by atoms with Gasteiger partial charge in [-0.1, -0.05) is 42.5 Å². The third-order valence-corrected chi connectivity index (χ3v) is 7.69. The van der Waals surface area contributed by atoms with E-state index < -0.39 is 22.0 Å². The Hall–Kier alpha value is -2.99. The van der Waals surface area contributed by atoms with Crippen LogP contribution in [0, 0.1) is 0 Å². The quantitative estimate of drug-likeness (QED) is 0.404.